The molecular weight excluding hydrogens is 272 g/mol. The Morgan fingerprint density at radius 3 is 2.53 bits per heavy atom. The normalized spacial score (nSPS) is 10.3. The molecule has 5 heteroatoms. The van der Waals surface area contributed by atoms with Gasteiger partial charge in [0.25, 0.3) is 0 Å². The van der Waals surface area contributed by atoms with Crippen LogP contribution < -0.4 is 10.1 Å². The summed E-state index contributed by atoms with van der Waals surface area (Å²) in [5, 5.41) is 3.73. The Bertz CT molecular complexity index is 546. The molecule has 100 valence electrons. The van der Waals surface area contributed by atoms with Crippen molar-refractivity contribution in [1.82, 2.24) is 0 Å². The third kappa shape index (κ3) is 4.10. The third-order valence-electron chi connectivity index (χ3n) is 2.43. The summed E-state index contributed by atoms with van der Waals surface area (Å²) in [5.74, 6) is -1.19. The van der Waals surface area contributed by atoms with Crippen LogP contribution in [0.3, 0.4) is 0 Å². The van der Waals surface area contributed by atoms with Gasteiger partial charge in [0.15, 0.2) is 11.6 Å². The first-order valence-corrected chi connectivity index (χ1v) is 6.10. The van der Waals surface area contributed by atoms with Gasteiger partial charge >= 0.3 is 0 Å². The molecule has 0 aromatic heterocycles. The van der Waals surface area contributed by atoms with Crippen LogP contribution in [-0.2, 0) is 0 Å². The van der Waals surface area contributed by atoms with Gasteiger partial charge in [-0.3, -0.25) is 0 Å². The Hall–Kier alpha value is -1.81. The van der Waals surface area contributed by atoms with E-state index < -0.39 is 11.6 Å². The van der Waals surface area contributed by atoms with Crippen molar-refractivity contribution in [2.75, 3.05) is 18.5 Å². The Labute approximate surface area is 115 Å². The van der Waals surface area contributed by atoms with Crippen molar-refractivity contribution in [1.29, 1.82) is 0 Å². The molecule has 0 fully saturated rings. The van der Waals surface area contributed by atoms with Crippen molar-refractivity contribution in [2.45, 2.75) is 0 Å². The summed E-state index contributed by atoms with van der Waals surface area (Å²) in [6.45, 7) is 0.695. The van der Waals surface area contributed by atoms with Gasteiger partial charge in [0, 0.05) is 23.3 Å². The molecule has 2 aromatic rings. The van der Waals surface area contributed by atoms with Crippen molar-refractivity contribution in [3.05, 3.63) is 59.1 Å². The first-order chi connectivity index (χ1) is 9.15. The van der Waals surface area contributed by atoms with Crippen LogP contribution in [0.5, 0.6) is 5.75 Å². The number of hydrogen-bond acceptors (Lipinski definition) is 2. The molecule has 0 atom stereocenters. The topological polar surface area (TPSA) is 21.3 Å². The van der Waals surface area contributed by atoms with Crippen LogP contribution in [0.25, 0.3) is 0 Å². The highest BCUT2D eigenvalue weighted by Gasteiger charge is 2.04. The largest absolute Gasteiger partial charge is 0.489 e. The Kier molecular flexibility index (Phi) is 4.58. The average Bonchev–Trinajstić information content (AvgIpc) is 2.40. The lowest BCUT2D eigenvalue weighted by molar-refractivity contribution is 0.313. The standard InChI is InChI=1S/C14H12ClF2NO/c15-10-1-4-12(5-2-10)18-7-8-19-14-9-11(16)3-6-13(14)17/h1-6,9,18H,7-8H2. The third-order valence-corrected chi connectivity index (χ3v) is 2.68. The molecular formula is C14H12ClF2NO. The van der Waals surface area contributed by atoms with E-state index >= 15 is 0 Å². The minimum atomic E-state index is -0.576. The Balaban J connectivity index is 1.80. The van der Waals surface area contributed by atoms with Gasteiger partial charge in [-0.25, -0.2) is 8.78 Å². The second kappa shape index (κ2) is 6.38. The van der Waals surface area contributed by atoms with E-state index in [1.807, 2.05) is 12.1 Å². The first kappa shape index (κ1) is 13.6. The highest BCUT2D eigenvalue weighted by atomic mass is 35.5. The van der Waals surface area contributed by atoms with Crippen LogP contribution in [0.1, 0.15) is 0 Å². The van der Waals surface area contributed by atoms with Gasteiger partial charge in [-0.05, 0) is 36.4 Å². The first-order valence-electron chi connectivity index (χ1n) is 5.72. The number of hydrogen-bond donors (Lipinski definition) is 1. The predicted octanol–water partition coefficient (Wildman–Crippen LogP) is 4.11. The highest BCUT2D eigenvalue weighted by molar-refractivity contribution is 6.30. The molecule has 0 unspecified atom stereocenters. The fourth-order valence-electron chi connectivity index (χ4n) is 1.51. The van der Waals surface area contributed by atoms with Crippen molar-refractivity contribution in [3.63, 3.8) is 0 Å². The van der Waals surface area contributed by atoms with E-state index in [-0.39, 0.29) is 12.4 Å². The number of nitrogens with one attached hydrogen (secondary N) is 1. The molecule has 0 aliphatic heterocycles. The van der Waals surface area contributed by atoms with Crippen molar-refractivity contribution < 1.29 is 13.5 Å². The number of halogens is 3. The molecule has 0 spiro atoms. The maximum atomic E-state index is 13.2. The summed E-state index contributed by atoms with van der Waals surface area (Å²) >= 11 is 5.76. The minimum Gasteiger partial charge on any atom is -0.489 e. The lowest BCUT2D eigenvalue weighted by atomic mass is 10.3. The van der Waals surface area contributed by atoms with Crippen molar-refractivity contribution >= 4 is 17.3 Å². The van der Waals surface area contributed by atoms with E-state index in [9.17, 15) is 8.78 Å². The Morgan fingerprint density at radius 2 is 1.79 bits per heavy atom. The highest BCUT2D eigenvalue weighted by Crippen LogP contribution is 2.18. The van der Waals surface area contributed by atoms with Crippen LogP contribution in [0.15, 0.2) is 42.5 Å². The molecule has 0 aliphatic rings. The second-order valence-electron chi connectivity index (χ2n) is 3.86. The van der Waals surface area contributed by atoms with E-state index in [0.29, 0.717) is 11.6 Å². The maximum absolute atomic E-state index is 13.2. The zero-order chi connectivity index (χ0) is 13.7. The van der Waals surface area contributed by atoms with Gasteiger partial charge in [-0.15, -0.1) is 0 Å². The summed E-state index contributed by atoms with van der Waals surface area (Å²) in [6, 6.07) is 10.3. The predicted molar refractivity (Wildman–Crippen MR) is 71.8 cm³/mol. The summed E-state index contributed by atoms with van der Waals surface area (Å²) in [4.78, 5) is 0. The summed E-state index contributed by atoms with van der Waals surface area (Å²) in [7, 11) is 0. The quantitative estimate of drug-likeness (QED) is 0.834. The molecule has 0 saturated carbocycles. The second-order valence-corrected chi connectivity index (χ2v) is 4.29. The van der Waals surface area contributed by atoms with Crippen LogP contribution in [0.2, 0.25) is 5.02 Å². The van der Waals surface area contributed by atoms with E-state index in [0.717, 1.165) is 23.9 Å². The van der Waals surface area contributed by atoms with Crippen LogP contribution >= 0.6 is 11.6 Å². The van der Waals surface area contributed by atoms with E-state index in [2.05, 4.69) is 5.32 Å². The fourth-order valence-corrected chi connectivity index (χ4v) is 1.64. The van der Waals surface area contributed by atoms with Crippen LogP contribution in [0.4, 0.5) is 14.5 Å². The molecule has 19 heavy (non-hydrogen) atoms. The molecule has 0 saturated heterocycles. The summed E-state index contributed by atoms with van der Waals surface area (Å²) in [6.07, 6.45) is 0. The zero-order valence-corrected chi connectivity index (χ0v) is 10.8. The molecule has 0 bridgehead atoms. The lowest BCUT2D eigenvalue weighted by Gasteiger charge is -2.09. The Morgan fingerprint density at radius 1 is 1.05 bits per heavy atom. The average molecular weight is 284 g/mol. The maximum Gasteiger partial charge on any atom is 0.165 e. The molecule has 2 nitrogen and oxygen atoms in total. The molecule has 2 aromatic carbocycles. The van der Waals surface area contributed by atoms with Gasteiger partial charge in [-0.2, -0.15) is 0 Å². The number of anilines is 1. The summed E-state index contributed by atoms with van der Waals surface area (Å²) in [5.41, 5.74) is 0.882. The van der Waals surface area contributed by atoms with Crippen LogP contribution in [0, 0.1) is 11.6 Å². The molecule has 0 amide bonds. The molecule has 1 N–H and O–H groups in total. The fraction of sp³-hybridized carbons (Fsp3) is 0.143. The van der Waals surface area contributed by atoms with Crippen LogP contribution in [-0.4, -0.2) is 13.2 Å². The van der Waals surface area contributed by atoms with Crippen molar-refractivity contribution in [3.8, 4) is 5.75 Å². The monoisotopic (exact) mass is 283 g/mol. The molecule has 0 heterocycles. The van der Waals surface area contributed by atoms with Crippen molar-refractivity contribution in [2.24, 2.45) is 0 Å². The SMILES string of the molecule is Fc1ccc(F)c(OCCNc2ccc(Cl)cc2)c1. The smallest absolute Gasteiger partial charge is 0.165 e. The van der Waals surface area contributed by atoms with E-state index in [1.165, 1.54) is 0 Å². The zero-order valence-electron chi connectivity index (χ0n) is 10.00. The summed E-state index contributed by atoms with van der Waals surface area (Å²) < 4.78 is 31.3. The molecule has 2 rings (SSSR count). The van der Waals surface area contributed by atoms with E-state index in [1.54, 1.807) is 12.1 Å². The van der Waals surface area contributed by atoms with Gasteiger partial charge in [-0.1, -0.05) is 11.6 Å². The van der Waals surface area contributed by atoms with Gasteiger partial charge in [0.2, 0.25) is 0 Å². The molecule has 0 radical (unpaired) electrons. The van der Waals surface area contributed by atoms with Gasteiger partial charge < -0.3 is 10.1 Å². The number of ether oxygens (including phenoxy) is 1. The molecule has 0 aliphatic carbocycles. The lowest BCUT2D eigenvalue weighted by Crippen LogP contribution is -2.12. The van der Waals surface area contributed by atoms with Gasteiger partial charge in [0.05, 0.1) is 0 Å². The number of benzene rings is 2. The minimum absolute atomic E-state index is 0.0853. The number of rotatable bonds is 5. The van der Waals surface area contributed by atoms with Gasteiger partial charge in [0.1, 0.15) is 12.4 Å². The van der Waals surface area contributed by atoms with E-state index in [4.69, 9.17) is 16.3 Å².